The minimum Gasteiger partial charge on any atom is -0.306 e. The molecular weight excluding hydrogens is 260 g/mol. The van der Waals surface area contributed by atoms with Gasteiger partial charge in [0.15, 0.2) is 0 Å². The summed E-state index contributed by atoms with van der Waals surface area (Å²) >= 11 is 0. The second-order valence-corrected chi connectivity index (χ2v) is 11.4. The highest BCUT2D eigenvalue weighted by atomic mass is 28.3. The fourth-order valence-electron chi connectivity index (χ4n) is 2.14. The number of pyridine rings is 1. The number of nitrogens with one attached hydrogen (secondary N) is 1. The molecule has 20 heavy (non-hydrogen) atoms. The van der Waals surface area contributed by atoms with Gasteiger partial charge in [-0.3, -0.25) is 4.98 Å². The molecule has 0 saturated carbocycles. The molecule has 1 aromatic carbocycles. The van der Waals surface area contributed by atoms with Gasteiger partial charge in [-0.05, 0) is 24.1 Å². The summed E-state index contributed by atoms with van der Waals surface area (Å²) in [5, 5.41) is 5.06. The largest absolute Gasteiger partial charge is 0.306 e. The molecule has 2 aromatic rings. The van der Waals surface area contributed by atoms with Crippen molar-refractivity contribution in [3.8, 4) is 0 Å². The summed E-state index contributed by atoms with van der Waals surface area (Å²) in [7, 11) is -1.18. The van der Waals surface area contributed by atoms with Gasteiger partial charge in [-0.25, -0.2) is 0 Å². The van der Waals surface area contributed by atoms with E-state index in [2.05, 4.69) is 67.2 Å². The highest BCUT2D eigenvalue weighted by Gasteiger charge is 2.15. The van der Waals surface area contributed by atoms with Gasteiger partial charge in [0.25, 0.3) is 0 Å². The van der Waals surface area contributed by atoms with Crippen LogP contribution >= 0.6 is 0 Å². The Balaban J connectivity index is 1.94. The number of nitrogens with zero attached hydrogens (tertiary/aromatic N) is 1. The van der Waals surface area contributed by atoms with Crippen molar-refractivity contribution >= 4 is 13.3 Å². The Labute approximate surface area is 123 Å². The molecule has 0 saturated heterocycles. The lowest BCUT2D eigenvalue weighted by Crippen LogP contribution is -2.37. The van der Waals surface area contributed by atoms with Crippen LogP contribution in [0.1, 0.15) is 24.1 Å². The van der Waals surface area contributed by atoms with E-state index in [1.165, 1.54) is 16.3 Å². The van der Waals surface area contributed by atoms with E-state index in [0.29, 0.717) is 6.04 Å². The lowest BCUT2D eigenvalue weighted by atomic mass is 10.1. The number of benzene rings is 1. The Kier molecular flexibility index (Phi) is 4.73. The fourth-order valence-corrected chi connectivity index (χ4v) is 3.31. The van der Waals surface area contributed by atoms with Crippen molar-refractivity contribution in [2.75, 3.05) is 0 Å². The van der Waals surface area contributed by atoms with Gasteiger partial charge in [0.1, 0.15) is 0 Å². The molecule has 0 aliphatic carbocycles. The average molecular weight is 284 g/mol. The van der Waals surface area contributed by atoms with Gasteiger partial charge in [0, 0.05) is 25.0 Å². The summed E-state index contributed by atoms with van der Waals surface area (Å²) in [5.74, 6) is 0. The van der Waals surface area contributed by atoms with Crippen LogP contribution in [-0.4, -0.2) is 13.1 Å². The second-order valence-electron chi connectivity index (χ2n) is 6.34. The van der Waals surface area contributed by atoms with Crippen molar-refractivity contribution in [2.24, 2.45) is 0 Å². The molecule has 3 heteroatoms. The molecule has 1 aromatic heterocycles. The van der Waals surface area contributed by atoms with Crippen LogP contribution in [-0.2, 0) is 6.54 Å². The van der Waals surface area contributed by atoms with Crippen LogP contribution in [0.5, 0.6) is 0 Å². The Morgan fingerprint density at radius 2 is 1.80 bits per heavy atom. The molecule has 0 spiro atoms. The van der Waals surface area contributed by atoms with Crippen LogP contribution in [0, 0.1) is 0 Å². The average Bonchev–Trinajstić information content (AvgIpc) is 2.45. The molecule has 0 bridgehead atoms. The maximum atomic E-state index is 4.16. The van der Waals surface area contributed by atoms with Gasteiger partial charge in [-0.2, -0.15) is 0 Å². The minimum atomic E-state index is -1.18. The van der Waals surface area contributed by atoms with E-state index in [9.17, 15) is 0 Å². The topological polar surface area (TPSA) is 24.9 Å². The number of rotatable bonds is 5. The summed E-state index contributed by atoms with van der Waals surface area (Å²) in [6.45, 7) is 10.2. The predicted octanol–water partition coefficient (Wildman–Crippen LogP) is 3.48. The number of aromatic nitrogens is 1. The Hall–Kier alpha value is -1.45. The zero-order chi connectivity index (χ0) is 14.6. The third-order valence-corrected chi connectivity index (χ3v) is 5.68. The van der Waals surface area contributed by atoms with Crippen molar-refractivity contribution < 1.29 is 0 Å². The van der Waals surface area contributed by atoms with Crippen molar-refractivity contribution in [3.63, 3.8) is 0 Å². The van der Waals surface area contributed by atoms with Crippen molar-refractivity contribution in [1.82, 2.24) is 10.3 Å². The highest BCUT2D eigenvalue weighted by Crippen LogP contribution is 2.11. The molecule has 0 aliphatic heterocycles. The number of hydrogen-bond acceptors (Lipinski definition) is 2. The van der Waals surface area contributed by atoms with Gasteiger partial charge >= 0.3 is 0 Å². The fraction of sp³-hybridized carbons (Fsp3) is 0.353. The van der Waals surface area contributed by atoms with Crippen molar-refractivity contribution in [1.29, 1.82) is 0 Å². The van der Waals surface area contributed by atoms with Crippen molar-refractivity contribution in [3.05, 3.63) is 59.9 Å². The normalized spacial score (nSPS) is 13.2. The molecule has 2 nitrogen and oxygen atoms in total. The SMILES string of the molecule is C[C@H](NCc1ccc([Si](C)(C)C)cc1)c1cccnc1. The van der Waals surface area contributed by atoms with E-state index >= 15 is 0 Å². The third-order valence-electron chi connectivity index (χ3n) is 3.62. The maximum absolute atomic E-state index is 4.16. The first kappa shape index (κ1) is 14.9. The number of hydrogen-bond donors (Lipinski definition) is 1. The second kappa shape index (κ2) is 6.33. The third kappa shape index (κ3) is 4.02. The van der Waals surface area contributed by atoms with Crippen molar-refractivity contribution in [2.45, 2.75) is 39.2 Å². The first-order valence-corrected chi connectivity index (χ1v) is 10.7. The van der Waals surface area contributed by atoms with E-state index in [1.54, 1.807) is 0 Å². The molecule has 1 heterocycles. The Bertz CT molecular complexity index is 529. The lowest BCUT2D eigenvalue weighted by molar-refractivity contribution is 0.573. The van der Waals surface area contributed by atoms with E-state index in [4.69, 9.17) is 0 Å². The lowest BCUT2D eigenvalue weighted by Gasteiger charge is -2.18. The van der Waals surface area contributed by atoms with E-state index in [-0.39, 0.29) is 0 Å². The molecule has 0 amide bonds. The molecule has 0 aliphatic rings. The quantitative estimate of drug-likeness (QED) is 0.850. The standard InChI is InChI=1S/C17H24N2Si/c1-14(16-6-5-11-18-13-16)19-12-15-7-9-17(10-8-15)20(2,3)4/h5-11,13-14,19H,12H2,1-4H3/t14-/m0/s1. The summed E-state index contributed by atoms with van der Waals surface area (Å²) < 4.78 is 0. The summed E-state index contributed by atoms with van der Waals surface area (Å²) in [4.78, 5) is 4.16. The predicted molar refractivity (Wildman–Crippen MR) is 88.9 cm³/mol. The van der Waals surface area contributed by atoms with Crippen LogP contribution in [0.2, 0.25) is 19.6 Å². The monoisotopic (exact) mass is 284 g/mol. The van der Waals surface area contributed by atoms with E-state index in [0.717, 1.165) is 6.54 Å². The van der Waals surface area contributed by atoms with Crippen LogP contribution < -0.4 is 10.5 Å². The van der Waals surface area contributed by atoms with Gasteiger partial charge in [-0.1, -0.05) is 55.2 Å². The maximum Gasteiger partial charge on any atom is 0.0775 e. The van der Waals surface area contributed by atoms with E-state index in [1.807, 2.05) is 18.5 Å². The molecule has 0 fully saturated rings. The smallest absolute Gasteiger partial charge is 0.0775 e. The first-order chi connectivity index (χ1) is 9.47. The summed E-state index contributed by atoms with van der Waals surface area (Å²) in [6.07, 6.45) is 3.73. The molecule has 0 unspecified atom stereocenters. The van der Waals surface area contributed by atoms with Gasteiger partial charge in [-0.15, -0.1) is 0 Å². The van der Waals surface area contributed by atoms with Gasteiger partial charge < -0.3 is 5.32 Å². The zero-order valence-electron chi connectivity index (χ0n) is 12.9. The molecular formula is C17H24N2Si. The zero-order valence-corrected chi connectivity index (χ0v) is 13.9. The molecule has 106 valence electrons. The minimum absolute atomic E-state index is 0.320. The highest BCUT2D eigenvalue weighted by molar-refractivity contribution is 6.88. The first-order valence-electron chi connectivity index (χ1n) is 7.19. The molecule has 0 radical (unpaired) electrons. The van der Waals surface area contributed by atoms with Crippen LogP contribution in [0.3, 0.4) is 0 Å². The van der Waals surface area contributed by atoms with Crippen LogP contribution in [0.4, 0.5) is 0 Å². The van der Waals surface area contributed by atoms with Crippen LogP contribution in [0.15, 0.2) is 48.8 Å². The summed E-state index contributed by atoms with van der Waals surface area (Å²) in [5.41, 5.74) is 2.56. The molecule has 1 atom stereocenters. The Morgan fingerprint density at radius 3 is 2.35 bits per heavy atom. The van der Waals surface area contributed by atoms with Gasteiger partial charge in [0.05, 0.1) is 8.07 Å². The van der Waals surface area contributed by atoms with Crippen LogP contribution in [0.25, 0.3) is 0 Å². The van der Waals surface area contributed by atoms with Gasteiger partial charge in [0.2, 0.25) is 0 Å². The summed E-state index contributed by atoms with van der Waals surface area (Å²) in [6, 6.07) is 13.5. The molecule has 1 N–H and O–H groups in total. The Morgan fingerprint density at radius 1 is 1.10 bits per heavy atom. The molecule has 2 rings (SSSR count). The van der Waals surface area contributed by atoms with E-state index < -0.39 is 8.07 Å².